The molecule has 1 amide bonds. The number of hydrogen-bond acceptors (Lipinski definition) is 4. The SMILES string of the molecule is O=C(Cc1ccc(O)c(Br)c1)C(=O)NCCS. The molecule has 0 aliphatic rings. The van der Waals surface area contributed by atoms with Crippen LogP contribution >= 0.6 is 28.6 Å². The highest BCUT2D eigenvalue weighted by atomic mass is 79.9. The molecular weight excluding hydrogens is 306 g/mol. The number of rotatable bonds is 5. The zero-order chi connectivity index (χ0) is 12.8. The van der Waals surface area contributed by atoms with Gasteiger partial charge in [0.05, 0.1) is 4.47 Å². The summed E-state index contributed by atoms with van der Waals surface area (Å²) in [5.74, 6) is -0.530. The molecule has 2 N–H and O–H groups in total. The van der Waals surface area contributed by atoms with Gasteiger partial charge in [0.2, 0.25) is 5.78 Å². The number of aromatic hydroxyl groups is 1. The number of carbonyl (C=O) groups excluding carboxylic acids is 2. The highest BCUT2D eigenvalue weighted by molar-refractivity contribution is 9.10. The van der Waals surface area contributed by atoms with Crippen LogP contribution in [-0.4, -0.2) is 29.1 Å². The van der Waals surface area contributed by atoms with E-state index in [1.165, 1.54) is 6.07 Å². The third kappa shape index (κ3) is 4.40. The topological polar surface area (TPSA) is 66.4 Å². The minimum atomic E-state index is -0.608. The van der Waals surface area contributed by atoms with Crippen molar-refractivity contribution in [1.82, 2.24) is 5.32 Å². The molecule has 0 radical (unpaired) electrons. The van der Waals surface area contributed by atoms with Crippen molar-refractivity contribution in [1.29, 1.82) is 0 Å². The smallest absolute Gasteiger partial charge is 0.287 e. The second-order valence-corrected chi connectivity index (χ2v) is 4.67. The summed E-state index contributed by atoms with van der Waals surface area (Å²) >= 11 is 7.07. The molecule has 0 heterocycles. The number of phenols is 1. The molecule has 0 fully saturated rings. The maximum absolute atomic E-state index is 11.5. The normalized spacial score (nSPS) is 10.0. The largest absolute Gasteiger partial charge is 0.507 e. The van der Waals surface area contributed by atoms with Gasteiger partial charge in [-0.15, -0.1) is 0 Å². The van der Waals surface area contributed by atoms with Crippen molar-refractivity contribution in [2.45, 2.75) is 6.42 Å². The molecule has 92 valence electrons. The molecule has 17 heavy (non-hydrogen) atoms. The van der Waals surface area contributed by atoms with Gasteiger partial charge in [0.1, 0.15) is 5.75 Å². The third-order valence-electron chi connectivity index (χ3n) is 2.03. The molecular formula is C11H12BrNO3S. The summed E-state index contributed by atoms with van der Waals surface area (Å²) in [6.45, 7) is 0.368. The van der Waals surface area contributed by atoms with Gasteiger partial charge in [-0.1, -0.05) is 6.07 Å². The molecule has 1 rings (SSSR count). The van der Waals surface area contributed by atoms with Crippen LogP contribution in [0.25, 0.3) is 0 Å². The standard InChI is InChI=1S/C11H12BrNO3S/c12-8-5-7(1-2-9(8)14)6-10(15)11(16)13-3-4-17/h1-2,5,14,17H,3-4,6H2,(H,13,16). The van der Waals surface area contributed by atoms with Gasteiger partial charge in [-0.2, -0.15) is 12.6 Å². The number of Topliss-reactive ketones (excluding diaryl/α,β-unsaturated/α-hetero) is 1. The van der Waals surface area contributed by atoms with E-state index < -0.39 is 11.7 Å². The van der Waals surface area contributed by atoms with E-state index in [-0.39, 0.29) is 12.2 Å². The molecule has 0 saturated heterocycles. The summed E-state index contributed by atoms with van der Waals surface area (Å²) in [6, 6.07) is 4.68. The van der Waals surface area contributed by atoms with Crippen LogP contribution in [0.4, 0.5) is 0 Å². The highest BCUT2D eigenvalue weighted by Gasteiger charge is 2.13. The van der Waals surface area contributed by atoms with Crippen LogP contribution in [-0.2, 0) is 16.0 Å². The second-order valence-electron chi connectivity index (χ2n) is 3.37. The monoisotopic (exact) mass is 317 g/mol. The highest BCUT2D eigenvalue weighted by Crippen LogP contribution is 2.24. The summed E-state index contributed by atoms with van der Waals surface area (Å²) in [4.78, 5) is 22.8. The van der Waals surface area contributed by atoms with Gasteiger partial charge in [0.25, 0.3) is 5.91 Å². The molecule has 0 saturated carbocycles. The summed E-state index contributed by atoms with van der Waals surface area (Å²) in [5.41, 5.74) is 0.667. The fourth-order valence-corrected chi connectivity index (χ4v) is 1.73. The lowest BCUT2D eigenvalue weighted by molar-refractivity contribution is -0.137. The van der Waals surface area contributed by atoms with E-state index in [2.05, 4.69) is 33.9 Å². The molecule has 1 aromatic carbocycles. The molecule has 0 unspecified atom stereocenters. The molecule has 0 aliphatic carbocycles. The number of halogens is 1. The van der Waals surface area contributed by atoms with E-state index in [0.717, 1.165) is 0 Å². The zero-order valence-corrected chi connectivity index (χ0v) is 11.4. The Hall–Kier alpha value is -1.01. The summed E-state index contributed by atoms with van der Waals surface area (Å²) in [5, 5.41) is 11.7. The second kappa shape index (κ2) is 6.66. The fourth-order valence-electron chi connectivity index (χ4n) is 1.19. The van der Waals surface area contributed by atoms with Gasteiger partial charge in [0, 0.05) is 18.7 Å². The Bertz CT molecular complexity index is 437. The Morgan fingerprint density at radius 3 is 2.71 bits per heavy atom. The van der Waals surface area contributed by atoms with Crippen LogP contribution in [0, 0.1) is 0 Å². The number of carbonyl (C=O) groups is 2. The Morgan fingerprint density at radius 2 is 2.12 bits per heavy atom. The Morgan fingerprint density at radius 1 is 1.41 bits per heavy atom. The number of ketones is 1. The van der Waals surface area contributed by atoms with Crippen LogP contribution in [0.15, 0.2) is 22.7 Å². The molecule has 1 aromatic rings. The van der Waals surface area contributed by atoms with Crippen LogP contribution in [0.2, 0.25) is 0 Å². The van der Waals surface area contributed by atoms with Crippen molar-refractivity contribution in [2.24, 2.45) is 0 Å². The van der Waals surface area contributed by atoms with E-state index in [0.29, 0.717) is 22.3 Å². The quantitative estimate of drug-likeness (QED) is 0.566. The summed E-state index contributed by atoms with van der Waals surface area (Å²) < 4.78 is 0.499. The lowest BCUT2D eigenvalue weighted by atomic mass is 10.1. The number of benzene rings is 1. The van der Waals surface area contributed by atoms with Gasteiger partial charge in [-0.3, -0.25) is 9.59 Å². The number of thiol groups is 1. The number of amides is 1. The van der Waals surface area contributed by atoms with E-state index in [1.807, 2.05) is 0 Å². The van der Waals surface area contributed by atoms with E-state index in [1.54, 1.807) is 12.1 Å². The van der Waals surface area contributed by atoms with Gasteiger partial charge < -0.3 is 10.4 Å². The summed E-state index contributed by atoms with van der Waals surface area (Å²) in [6.07, 6.45) is 0.0112. The zero-order valence-electron chi connectivity index (χ0n) is 8.94. The van der Waals surface area contributed by atoms with Crippen LogP contribution in [0.3, 0.4) is 0 Å². The van der Waals surface area contributed by atoms with E-state index in [4.69, 9.17) is 0 Å². The average molecular weight is 318 g/mol. The van der Waals surface area contributed by atoms with Gasteiger partial charge in [-0.05, 0) is 33.6 Å². The fraction of sp³-hybridized carbons (Fsp3) is 0.273. The molecule has 0 aliphatic heterocycles. The average Bonchev–Trinajstić information content (AvgIpc) is 2.30. The Balaban J connectivity index is 2.61. The van der Waals surface area contributed by atoms with Crippen molar-refractivity contribution in [2.75, 3.05) is 12.3 Å². The van der Waals surface area contributed by atoms with Crippen LogP contribution < -0.4 is 5.32 Å². The van der Waals surface area contributed by atoms with Gasteiger partial charge in [-0.25, -0.2) is 0 Å². The maximum atomic E-state index is 11.5. The molecule has 0 aromatic heterocycles. The molecule has 4 nitrogen and oxygen atoms in total. The first-order valence-corrected chi connectivity index (χ1v) is 6.36. The number of hydrogen-bond donors (Lipinski definition) is 3. The molecule has 0 atom stereocenters. The predicted molar refractivity (Wildman–Crippen MR) is 71.4 cm³/mol. The van der Waals surface area contributed by atoms with Crippen molar-refractivity contribution < 1.29 is 14.7 Å². The first-order chi connectivity index (χ1) is 8.04. The first kappa shape index (κ1) is 14.1. The Kier molecular flexibility index (Phi) is 5.50. The number of phenolic OH excluding ortho intramolecular Hbond substituents is 1. The van der Waals surface area contributed by atoms with E-state index in [9.17, 15) is 14.7 Å². The molecule has 6 heteroatoms. The van der Waals surface area contributed by atoms with Crippen molar-refractivity contribution >= 4 is 40.2 Å². The minimum Gasteiger partial charge on any atom is -0.507 e. The van der Waals surface area contributed by atoms with E-state index >= 15 is 0 Å². The first-order valence-electron chi connectivity index (χ1n) is 4.94. The lowest BCUT2D eigenvalue weighted by Crippen LogP contribution is -2.33. The minimum absolute atomic E-state index is 0.0112. The van der Waals surface area contributed by atoms with Gasteiger partial charge in [0.15, 0.2) is 0 Å². The summed E-state index contributed by atoms with van der Waals surface area (Å²) in [7, 11) is 0. The van der Waals surface area contributed by atoms with Crippen molar-refractivity contribution in [3.8, 4) is 5.75 Å². The van der Waals surface area contributed by atoms with Crippen molar-refractivity contribution in [3.05, 3.63) is 28.2 Å². The maximum Gasteiger partial charge on any atom is 0.287 e. The predicted octanol–water partition coefficient (Wildman–Crippen LogP) is 1.31. The van der Waals surface area contributed by atoms with Crippen molar-refractivity contribution in [3.63, 3.8) is 0 Å². The molecule has 0 bridgehead atoms. The Labute approximate surface area is 113 Å². The van der Waals surface area contributed by atoms with Crippen LogP contribution in [0.1, 0.15) is 5.56 Å². The van der Waals surface area contributed by atoms with Gasteiger partial charge >= 0.3 is 0 Å². The van der Waals surface area contributed by atoms with Crippen LogP contribution in [0.5, 0.6) is 5.75 Å². The molecule has 0 spiro atoms. The lowest BCUT2D eigenvalue weighted by Gasteiger charge is -2.04. The third-order valence-corrected chi connectivity index (χ3v) is 2.89. The number of nitrogens with one attached hydrogen (secondary N) is 1.